The summed E-state index contributed by atoms with van der Waals surface area (Å²) in [5.41, 5.74) is 13.6. The van der Waals surface area contributed by atoms with Gasteiger partial charge < -0.3 is 4.74 Å². The zero-order valence-electron chi connectivity index (χ0n) is 28.3. The van der Waals surface area contributed by atoms with Gasteiger partial charge in [0.15, 0.2) is 0 Å². The molecule has 3 heterocycles. The fourth-order valence-corrected chi connectivity index (χ4v) is 7.16. The number of pyridine rings is 1. The maximum Gasteiger partial charge on any atom is 0.137 e. The Morgan fingerprint density at radius 3 is 2.23 bits per heavy atom. The van der Waals surface area contributed by atoms with Crippen LogP contribution in [-0.4, -0.2) is 19.3 Å². The number of benzene rings is 4. The lowest BCUT2D eigenvalue weighted by Gasteiger charge is -2.18. The molecule has 5 heteroatoms. The molecule has 47 heavy (non-hydrogen) atoms. The molecule has 236 valence electrons. The summed E-state index contributed by atoms with van der Waals surface area (Å²) in [5, 5.41) is 7.61. The number of hydrogen-bond donors (Lipinski definition) is 0. The summed E-state index contributed by atoms with van der Waals surface area (Å²) in [6, 6.07) is 31.9. The molecule has 0 N–H and O–H groups in total. The quantitative estimate of drug-likeness (QED) is 0.162. The zero-order valence-corrected chi connectivity index (χ0v) is 28.3. The average Bonchev–Trinajstić information content (AvgIpc) is 3.63. The lowest BCUT2D eigenvalue weighted by Crippen LogP contribution is -2.04. The van der Waals surface area contributed by atoms with Crippen molar-refractivity contribution < 1.29 is 4.74 Å². The molecule has 0 aliphatic carbocycles. The van der Waals surface area contributed by atoms with Crippen LogP contribution in [-0.2, 0) is 25.7 Å². The number of rotatable bonds is 9. The normalized spacial score (nSPS) is 11.5. The first kappa shape index (κ1) is 30.5. The van der Waals surface area contributed by atoms with Crippen molar-refractivity contribution in [2.24, 2.45) is 0 Å². The Morgan fingerprint density at radius 1 is 0.660 bits per heavy atom. The van der Waals surface area contributed by atoms with Gasteiger partial charge in [-0.25, -0.2) is 9.67 Å². The number of aromatic nitrogens is 4. The van der Waals surface area contributed by atoms with Gasteiger partial charge in [0.25, 0.3) is 0 Å². The molecule has 0 aliphatic rings. The predicted molar refractivity (Wildman–Crippen MR) is 195 cm³/mol. The molecule has 0 bridgehead atoms. The molecule has 0 fully saturated rings. The third kappa shape index (κ3) is 5.30. The van der Waals surface area contributed by atoms with Gasteiger partial charge in [0.1, 0.15) is 17.3 Å². The van der Waals surface area contributed by atoms with Gasteiger partial charge in [-0.2, -0.15) is 5.10 Å². The number of para-hydroxylation sites is 1. The van der Waals surface area contributed by atoms with Gasteiger partial charge in [0, 0.05) is 34.7 Å². The van der Waals surface area contributed by atoms with Gasteiger partial charge in [0.05, 0.1) is 28.1 Å². The Kier molecular flexibility index (Phi) is 8.15. The van der Waals surface area contributed by atoms with Gasteiger partial charge in [-0.05, 0) is 110 Å². The fraction of sp³-hybridized carbons (Fsp3) is 0.238. The maximum absolute atomic E-state index is 6.59. The summed E-state index contributed by atoms with van der Waals surface area (Å²) < 4.78 is 11.0. The summed E-state index contributed by atoms with van der Waals surface area (Å²) >= 11 is 0. The second kappa shape index (κ2) is 12.6. The summed E-state index contributed by atoms with van der Waals surface area (Å²) in [6.45, 7) is 13.3. The molecule has 0 saturated heterocycles. The molecule has 0 amide bonds. The first-order valence-corrected chi connectivity index (χ1v) is 16.9. The third-order valence-corrected chi connectivity index (χ3v) is 9.41. The second-order valence-electron chi connectivity index (χ2n) is 12.3. The van der Waals surface area contributed by atoms with Crippen LogP contribution < -0.4 is 4.74 Å². The van der Waals surface area contributed by atoms with E-state index in [-0.39, 0.29) is 0 Å². The Balaban J connectivity index is 1.32. The highest BCUT2D eigenvalue weighted by atomic mass is 16.5. The van der Waals surface area contributed by atoms with E-state index in [0.717, 1.165) is 65.4 Å². The van der Waals surface area contributed by atoms with Crippen molar-refractivity contribution in [2.45, 2.75) is 67.2 Å². The number of aryl methyl sites for hydroxylation is 4. The molecule has 0 aliphatic heterocycles. The Hall–Kier alpha value is -5.16. The molecule has 7 rings (SSSR count). The molecule has 0 radical (unpaired) electrons. The van der Waals surface area contributed by atoms with Crippen molar-refractivity contribution in [3.63, 3.8) is 0 Å². The maximum atomic E-state index is 6.59. The average molecular weight is 619 g/mol. The summed E-state index contributed by atoms with van der Waals surface area (Å²) in [4.78, 5) is 4.73. The Morgan fingerprint density at radius 2 is 1.47 bits per heavy atom. The van der Waals surface area contributed by atoms with E-state index in [4.69, 9.17) is 14.8 Å². The van der Waals surface area contributed by atoms with E-state index in [1.165, 1.54) is 49.8 Å². The molecule has 0 unspecified atom stereocenters. The first-order valence-electron chi connectivity index (χ1n) is 16.9. The first-order chi connectivity index (χ1) is 22.9. The molecule has 7 aromatic rings. The highest BCUT2D eigenvalue weighted by Gasteiger charge is 2.23. The van der Waals surface area contributed by atoms with Gasteiger partial charge in [0.2, 0.25) is 0 Å². The largest absolute Gasteiger partial charge is 0.457 e. The van der Waals surface area contributed by atoms with Crippen LogP contribution in [0.4, 0.5) is 0 Å². The SMILES string of the molecule is CCc1ccc(C)c(CC)c1-c1c(CC)nn(-c2cccc(Oc3ccc4c5ccccc5n(-c5cc(C)ccn5)c4c3)c2)c1CC. The van der Waals surface area contributed by atoms with Crippen LogP contribution in [0.15, 0.2) is 97.2 Å². The Bertz CT molecular complexity index is 2250. The molecule has 5 nitrogen and oxygen atoms in total. The van der Waals surface area contributed by atoms with Crippen molar-refractivity contribution in [3.05, 3.63) is 131 Å². The zero-order chi connectivity index (χ0) is 32.7. The summed E-state index contributed by atoms with van der Waals surface area (Å²) in [6.07, 6.45) is 5.61. The number of nitrogens with zero attached hydrogens (tertiary/aromatic N) is 4. The van der Waals surface area contributed by atoms with Crippen LogP contribution in [0.3, 0.4) is 0 Å². The monoisotopic (exact) mass is 618 g/mol. The lowest BCUT2D eigenvalue weighted by molar-refractivity contribution is 0.482. The van der Waals surface area contributed by atoms with E-state index in [1.807, 2.05) is 18.3 Å². The van der Waals surface area contributed by atoms with Crippen molar-refractivity contribution in [3.8, 4) is 34.1 Å². The van der Waals surface area contributed by atoms with E-state index in [0.29, 0.717) is 0 Å². The van der Waals surface area contributed by atoms with E-state index < -0.39 is 0 Å². The molecule has 3 aromatic heterocycles. The molecule has 0 spiro atoms. The standard InChI is InChI=1S/C42H42N4O/c1-7-29-19-18-28(6)33(8-2)41(29)42-36(9-3)44-46(37(42)10-4)30-14-13-15-31(25-30)47-32-20-21-35-34-16-11-12-17-38(34)45(39(35)26-32)40-24-27(5)22-23-43-40/h11-26H,7-10H2,1-6H3. The van der Waals surface area contributed by atoms with Crippen LogP contribution >= 0.6 is 0 Å². The van der Waals surface area contributed by atoms with Gasteiger partial charge >= 0.3 is 0 Å². The topological polar surface area (TPSA) is 44.9 Å². The van der Waals surface area contributed by atoms with Crippen molar-refractivity contribution in [1.82, 2.24) is 19.3 Å². The highest BCUT2D eigenvalue weighted by molar-refractivity contribution is 6.09. The summed E-state index contributed by atoms with van der Waals surface area (Å²) in [5.74, 6) is 2.45. The van der Waals surface area contributed by atoms with Crippen LogP contribution in [0, 0.1) is 13.8 Å². The predicted octanol–water partition coefficient (Wildman–Crippen LogP) is 10.7. The summed E-state index contributed by atoms with van der Waals surface area (Å²) in [7, 11) is 0. The van der Waals surface area contributed by atoms with Crippen LogP contribution in [0.1, 0.15) is 61.3 Å². The minimum Gasteiger partial charge on any atom is -0.457 e. The van der Waals surface area contributed by atoms with E-state index >= 15 is 0 Å². The van der Waals surface area contributed by atoms with Crippen LogP contribution in [0.2, 0.25) is 0 Å². The van der Waals surface area contributed by atoms with Crippen LogP contribution in [0.5, 0.6) is 11.5 Å². The van der Waals surface area contributed by atoms with E-state index in [2.05, 4.69) is 130 Å². The number of ether oxygens (including phenoxy) is 1. The van der Waals surface area contributed by atoms with E-state index in [1.54, 1.807) is 0 Å². The minimum atomic E-state index is 0.773. The van der Waals surface area contributed by atoms with E-state index in [9.17, 15) is 0 Å². The smallest absolute Gasteiger partial charge is 0.137 e. The second-order valence-corrected chi connectivity index (χ2v) is 12.3. The molecular formula is C42H42N4O. The molecule has 4 aromatic carbocycles. The molecule has 0 atom stereocenters. The Labute approximate surface area is 277 Å². The van der Waals surface area contributed by atoms with Gasteiger partial charge in [-0.1, -0.05) is 64.1 Å². The molecule has 0 saturated carbocycles. The van der Waals surface area contributed by atoms with Crippen LogP contribution in [0.25, 0.3) is 44.4 Å². The number of hydrogen-bond acceptors (Lipinski definition) is 3. The van der Waals surface area contributed by atoms with Gasteiger partial charge in [-0.3, -0.25) is 4.57 Å². The van der Waals surface area contributed by atoms with Gasteiger partial charge in [-0.15, -0.1) is 0 Å². The highest BCUT2D eigenvalue weighted by Crippen LogP contribution is 2.39. The fourth-order valence-electron chi connectivity index (χ4n) is 7.16. The van der Waals surface area contributed by atoms with Crippen molar-refractivity contribution in [2.75, 3.05) is 0 Å². The lowest BCUT2D eigenvalue weighted by atomic mass is 9.87. The number of fused-ring (bicyclic) bond motifs is 3. The minimum absolute atomic E-state index is 0.773. The third-order valence-electron chi connectivity index (χ3n) is 9.41. The van der Waals surface area contributed by atoms with Crippen molar-refractivity contribution >= 4 is 21.8 Å². The molecular weight excluding hydrogens is 576 g/mol. The van der Waals surface area contributed by atoms with Crippen molar-refractivity contribution in [1.29, 1.82) is 0 Å².